The van der Waals surface area contributed by atoms with E-state index in [1.807, 2.05) is 6.07 Å². The highest BCUT2D eigenvalue weighted by atomic mass is 79.9. The van der Waals surface area contributed by atoms with E-state index in [2.05, 4.69) is 26.0 Å². The number of carbonyl (C=O) groups excluding carboxylic acids is 2. The fourth-order valence-electron chi connectivity index (χ4n) is 1.12. The third kappa shape index (κ3) is 3.94. The summed E-state index contributed by atoms with van der Waals surface area (Å²) < 4.78 is 5.42. The van der Waals surface area contributed by atoms with E-state index in [-0.39, 0.29) is 24.3 Å². The van der Waals surface area contributed by atoms with Crippen molar-refractivity contribution in [2.24, 2.45) is 0 Å². The first-order chi connectivity index (χ1) is 7.52. The molecule has 0 bridgehead atoms. The van der Waals surface area contributed by atoms with Gasteiger partial charge in [0.1, 0.15) is 0 Å². The monoisotopic (exact) mass is 305 g/mol. The number of hydrogen-bond donors (Lipinski definition) is 1. The van der Waals surface area contributed by atoms with Crippen LogP contribution < -0.4 is 5.32 Å². The molecule has 4 nitrogen and oxygen atoms in total. The Labute approximate surface area is 106 Å². The minimum atomic E-state index is -0.333. The Morgan fingerprint density at radius 1 is 1.56 bits per heavy atom. The van der Waals surface area contributed by atoms with Crippen molar-refractivity contribution in [3.05, 3.63) is 20.8 Å². The summed E-state index contributed by atoms with van der Waals surface area (Å²) in [5.41, 5.74) is 0. The molecule has 1 N–H and O–H groups in total. The van der Waals surface area contributed by atoms with Crippen molar-refractivity contribution >= 4 is 39.1 Å². The lowest BCUT2D eigenvalue weighted by Gasteiger charge is -2.11. The second kappa shape index (κ2) is 6.00. The van der Waals surface area contributed by atoms with E-state index in [0.29, 0.717) is 4.88 Å². The fourth-order valence-corrected chi connectivity index (χ4v) is 2.40. The van der Waals surface area contributed by atoms with Gasteiger partial charge in [0.25, 0.3) is 5.91 Å². The van der Waals surface area contributed by atoms with Crippen LogP contribution in [0, 0.1) is 0 Å². The number of esters is 1. The highest BCUT2D eigenvalue weighted by molar-refractivity contribution is 9.11. The molecule has 1 rings (SSSR count). The predicted molar refractivity (Wildman–Crippen MR) is 65.6 cm³/mol. The van der Waals surface area contributed by atoms with Crippen molar-refractivity contribution < 1.29 is 14.3 Å². The number of thiophene rings is 1. The van der Waals surface area contributed by atoms with Crippen LogP contribution in [-0.2, 0) is 9.53 Å². The minimum absolute atomic E-state index is 0.174. The molecule has 0 aliphatic heterocycles. The van der Waals surface area contributed by atoms with E-state index in [1.54, 1.807) is 13.0 Å². The Balaban J connectivity index is 2.48. The highest BCUT2D eigenvalue weighted by Crippen LogP contribution is 2.21. The molecule has 1 amide bonds. The number of amides is 1. The molecule has 0 aliphatic carbocycles. The number of methoxy groups -OCH3 is 1. The number of rotatable bonds is 4. The number of halogens is 1. The molecule has 0 fully saturated rings. The van der Waals surface area contributed by atoms with E-state index >= 15 is 0 Å². The summed E-state index contributed by atoms with van der Waals surface area (Å²) in [7, 11) is 1.33. The molecule has 1 heterocycles. The van der Waals surface area contributed by atoms with Crippen LogP contribution in [0.4, 0.5) is 0 Å². The third-order valence-electron chi connectivity index (χ3n) is 1.88. The largest absolute Gasteiger partial charge is 0.469 e. The molecular formula is C10H12BrNO3S. The summed E-state index contributed by atoms with van der Waals surface area (Å²) in [5, 5.41) is 2.72. The summed E-state index contributed by atoms with van der Waals surface area (Å²) in [6.07, 6.45) is 0.175. The molecule has 16 heavy (non-hydrogen) atoms. The first-order valence-electron chi connectivity index (χ1n) is 4.66. The lowest BCUT2D eigenvalue weighted by Crippen LogP contribution is -2.33. The van der Waals surface area contributed by atoms with Gasteiger partial charge in [-0.3, -0.25) is 9.59 Å². The Kier molecular flexibility index (Phi) is 4.95. The fraction of sp³-hybridized carbons (Fsp3) is 0.400. The van der Waals surface area contributed by atoms with Gasteiger partial charge in [0.05, 0.1) is 22.2 Å². The Morgan fingerprint density at radius 2 is 2.25 bits per heavy atom. The van der Waals surface area contributed by atoms with Gasteiger partial charge in [-0.25, -0.2) is 0 Å². The average molecular weight is 306 g/mol. The standard InChI is InChI=1S/C10H12BrNO3S/c1-6(5-9(13)15-2)12-10(14)7-3-4-8(11)16-7/h3-4,6H,5H2,1-2H3,(H,12,14). The van der Waals surface area contributed by atoms with Gasteiger partial charge in [-0.05, 0) is 35.0 Å². The number of carbonyl (C=O) groups is 2. The Hall–Kier alpha value is -0.880. The topological polar surface area (TPSA) is 55.4 Å². The van der Waals surface area contributed by atoms with Crippen LogP contribution in [0.25, 0.3) is 0 Å². The highest BCUT2D eigenvalue weighted by Gasteiger charge is 2.14. The second-order valence-electron chi connectivity index (χ2n) is 3.26. The van der Waals surface area contributed by atoms with Gasteiger partial charge in [0.15, 0.2) is 0 Å². The molecule has 1 aromatic heterocycles. The van der Waals surface area contributed by atoms with Gasteiger partial charge < -0.3 is 10.1 Å². The normalized spacial score (nSPS) is 11.9. The Morgan fingerprint density at radius 3 is 2.75 bits per heavy atom. The van der Waals surface area contributed by atoms with Crippen LogP contribution in [0.5, 0.6) is 0 Å². The summed E-state index contributed by atoms with van der Waals surface area (Å²) in [6, 6.07) is 3.31. The maximum Gasteiger partial charge on any atom is 0.307 e. The van der Waals surface area contributed by atoms with E-state index in [0.717, 1.165) is 3.79 Å². The molecule has 0 radical (unpaired) electrons. The minimum Gasteiger partial charge on any atom is -0.469 e. The molecule has 0 spiro atoms. The van der Waals surface area contributed by atoms with Gasteiger partial charge in [0.2, 0.25) is 0 Å². The van der Waals surface area contributed by atoms with Gasteiger partial charge in [-0.15, -0.1) is 11.3 Å². The van der Waals surface area contributed by atoms with E-state index in [9.17, 15) is 9.59 Å². The van der Waals surface area contributed by atoms with Crippen molar-refractivity contribution in [2.75, 3.05) is 7.11 Å². The lowest BCUT2D eigenvalue weighted by molar-refractivity contribution is -0.141. The van der Waals surface area contributed by atoms with Gasteiger partial charge in [0, 0.05) is 6.04 Å². The third-order valence-corrected chi connectivity index (χ3v) is 3.50. The molecule has 1 unspecified atom stereocenters. The van der Waals surface area contributed by atoms with Crippen molar-refractivity contribution in [3.63, 3.8) is 0 Å². The number of ether oxygens (including phenoxy) is 1. The van der Waals surface area contributed by atoms with E-state index in [4.69, 9.17) is 0 Å². The summed E-state index contributed by atoms with van der Waals surface area (Å²) in [4.78, 5) is 23.2. The molecule has 1 aromatic rings. The van der Waals surface area contributed by atoms with Crippen LogP contribution >= 0.6 is 27.3 Å². The van der Waals surface area contributed by atoms with Crippen molar-refractivity contribution in [3.8, 4) is 0 Å². The van der Waals surface area contributed by atoms with Crippen molar-refractivity contribution in [2.45, 2.75) is 19.4 Å². The van der Waals surface area contributed by atoms with Crippen LogP contribution in [0.15, 0.2) is 15.9 Å². The maximum atomic E-state index is 11.7. The zero-order valence-electron chi connectivity index (χ0n) is 8.95. The van der Waals surface area contributed by atoms with Crippen molar-refractivity contribution in [1.82, 2.24) is 5.32 Å². The smallest absolute Gasteiger partial charge is 0.307 e. The second-order valence-corrected chi connectivity index (χ2v) is 5.72. The van der Waals surface area contributed by atoms with Crippen LogP contribution in [0.3, 0.4) is 0 Å². The van der Waals surface area contributed by atoms with Gasteiger partial charge >= 0.3 is 5.97 Å². The number of nitrogens with one attached hydrogen (secondary N) is 1. The van der Waals surface area contributed by atoms with Gasteiger partial charge in [-0.1, -0.05) is 0 Å². The molecule has 0 saturated heterocycles. The Bertz CT molecular complexity index is 391. The quantitative estimate of drug-likeness (QED) is 0.868. The molecule has 0 saturated carbocycles. The van der Waals surface area contributed by atoms with E-state index < -0.39 is 0 Å². The maximum absolute atomic E-state index is 11.7. The summed E-state index contributed by atoms with van der Waals surface area (Å²) in [6.45, 7) is 1.76. The number of hydrogen-bond acceptors (Lipinski definition) is 4. The molecule has 6 heteroatoms. The molecule has 1 atom stereocenters. The first kappa shape index (κ1) is 13.2. The summed E-state index contributed by atoms with van der Waals surface area (Å²) in [5.74, 6) is -0.507. The average Bonchev–Trinajstić information content (AvgIpc) is 2.64. The summed E-state index contributed by atoms with van der Waals surface area (Å²) >= 11 is 4.63. The lowest BCUT2D eigenvalue weighted by atomic mass is 10.2. The molecule has 0 aromatic carbocycles. The van der Waals surface area contributed by atoms with Crippen LogP contribution in [0.2, 0.25) is 0 Å². The molecule has 88 valence electrons. The molecular weight excluding hydrogens is 294 g/mol. The predicted octanol–water partition coefficient (Wildman–Crippen LogP) is 2.19. The van der Waals surface area contributed by atoms with Gasteiger partial charge in [-0.2, -0.15) is 0 Å². The first-order valence-corrected chi connectivity index (χ1v) is 6.27. The zero-order valence-corrected chi connectivity index (χ0v) is 11.4. The van der Waals surface area contributed by atoms with Crippen LogP contribution in [0.1, 0.15) is 23.0 Å². The molecule has 0 aliphatic rings. The zero-order chi connectivity index (χ0) is 12.1. The van der Waals surface area contributed by atoms with Crippen molar-refractivity contribution in [1.29, 1.82) is 0 Å². The van der Waals surface area contributed by atoms with Crippen LogP contribution in [-0.4, -0.2) is 25.0 Å². The van der Waals surface area contributed by atoms with E-state index in [1.165, 1.54) is 18.4 Å². The SMILES string of the molecule is COC(=O)CC(C)NC(=O)c1ccc(Br)s1.